The SMILES string of the molecule is C[C@H]1CCO[C@H](C(=O)Nc2ccccc2NC(=O)c2ccccc2)C1. The van der Waals surface area contributed by atoms with Crippen molar-refractivity contribution < 1.29 is 14.3 Å². The fourth-order valence-electron chi connectivity index (χ4n) is 2.84. The minimum atomic E-state index is -0.443. The van der Waals surface area contributed by atoms with Crippen LogP contribution in [0.4, 0.5) is 11.4 Å². The molecule has 5 heteroatoms. The van der Waals surface area contributed by atoms with Crippen molar-refractivity contribution in [1.29, 1.82) is 0 Å². The molecule has 0 spiro atoms. The van der Waals surface area contributed by atoms with Gasteiger partial charge in [-0.25, -0.2) is 0 Å². The van der Waals surface area contributed by atoms with E-state index in [1.165, 1.54) is 0 Å². The highest BCUT2D eigenvalue weighted by atomic mass is 16.5. The first kappa shape index (κ1) is 17.2. The Hall–Kier alpha value is -2.66. The molecular formula is C20H22N2O3. The number of carbonyl (C=O) groups is 2. The van der Waals surface area contributed by atoms with Crippen molar-refractivity contribution in [3.8, 4) is 0 Å². The van der Waals surface area contributed by atoms with Gasteiger partial charge in [0.1, 0.15) is 6.10 Å². The maximum absolute atomic E-state index is 12.5. The molecule has 5 nitrogen and oxygen atoms in total. The molecule has 2 N–H and O–H groups in total. The van der Waals surface area contributed by atoms with Gasteiger partial charge in [-0.1, -0.05) is 37.3 Å². The van der Waals surface area contributed by atoms with Gasteiger partial charge in [0.2, 0.25) is 0 Å². The van der Waals surface area contributed by atoms with Crippen LogP contribution in [-0.2, 0) is 9.53 Å². The molecule has 0 bridgehead atoms. The van der Waals surface area contributed by atoms with Gasteiger partial charge in [-0.15, -0.1) is 0 Å². The van der Waals surface area contributed by atoms with Gasteiger partial charge in [0.25, 0.3) is 11.8 Å². The molecule has 0 aromatic heterocycles. The molecule has 2 atom stereocenters. The molecule has 0 unspecified atom stereocenters. The highest BCUT2D eigenvalue weighted by molar-refractivity contribution is 6.07. The highest BCUT2D eigenvalue weighted by Gasteiger charge is 2.26. The van der Waals surface area contributed by atoms with Crippen LogP contribution in [0.1, 0.15) is 30.1 Å². The van der Waals surface area contributed by atoms with E-state index in [0.717, 1.165) is 6.42 Å². The van der Waals surface area contributed by atoms with Gasteiger partial charge in [-0.2, -0.15) is 0 Å². The van der Waals surface area contributed by atoms with Gasteiger partial charge >= 0.3 is 0 Å². The fourth-order valence-corrected chi connectivity index (χ4v) is 2.84. The number of ether oxygens (including phenoxy) is 1. The zero-order valence-electron chi connectivity index (χ0n) is 14.2. The average Bonchev–Trinajstić information content (AvgIpc) is 2.64. The molecule has 130 valence electrons. The summed E-state index contributed by atoms with van der Waals surface area (Å²) in [5.74, 6) is 0.0790. The maximum atomic E-state index is 12.5. The van der Waals surface area contributed by atoms with Gasteiger partial charge in [-0.3, -0.25) is 9.59 Å². The summed E-state index contributed by atoms with van der Waals surface area (Å²) < 4.78 is 5.57. The summed E-state index contributed by atoms with van der Waals surface area (Å²) in [7, 11) is 0. The molecule has 2 aromatic rings. The van der Waals surface area contributed by atoms with Crippen LogP contribution in [0.25, 0.3) is 0 Å². The first-order valence-corrected chi connectivity index (χ1v) is 8.51. The molecule has 3 rings (SSSR count). The molecule has 1 aliphatic heterocycles. The number of anilines is 2. The lowest BCUT2D eigenvalue weighted by Gasteiger charge is -2.26. The molecule has 0 saturated carbocycles. The second-order valence-corrected chi connectivity index (χ2v) is 6.34. The number of benzene rings is 2. The van der Waals surface area contributed by atoms with Crippen molar-refractivity contribution in [1.82, 2.24) is 0 Å². The third kappa shape index (κ3) is 4.45. The van der Waals surface area contributed by atoms with Crippen LogP contribution in [0.5, 0.6) is 0 Å². The molecule has 2 amide bonds. The average molecular weight is 338 g/mol. The van der Waals surface area contributed by atoms with Crippen LogP contribution < -0.4 is 10.6 Å². The topological polar surface area (TPSA) is 67.4 Å². The van der Waals surface area contributed by atoms with Crippen molar-refractivity contribution in [3.05, 3.63) is 60.2 Å². The second-order valence-electron chi connectivity index (χ2n) is 6.34. The van der Waals surface area contributed by atoms with E-state index in [9.17, 15) is 9.59 Å². The number of hydrogen-bond acceptors (Lipinski definition) is 3. The largest absolute Gasteiger partial charge is 0.368 e. The van der Waals surface area contributed by atoms with Crippen molar-refractivity contribution in [2.24, 2.45) is 5.92 Å². The Morgan fingerprint density at radius 2 is 1.60 bits per heavy atom. The van der Waals surface area contributed by atoms with E-state index in [-0.39, 0.29) is 11.8 Å². The maximum Gasteiger partial charge on any atom is 0.255 e. The Kier molecular flexibility index (Phi) is 5.46. The molecular weight excluding hydrogens is 316 g/mol. The summed E-state index contributed by atoms with van der Waals surface area (Å²) in [4.78, 5) is 24.8. The first-order chi connectivity index (χ1) is 12.1. The zero-order chi connectivity index (χ0) is 17.6. The monoisotopic (exact) mass is 338 g/mol. The molecule has 25 heavy (non-hydrogen) atoms. The van der Waals surface area contributed by atoms with Crippen molar-refractivity contribution in [2.45, 2.75) is 25.9 Å². The standard InChI is InChI=1S/C20H22N2O3/c1-14-11-12-25-18(13-14)20(24)22-17-10-6-5-9-16(17)21-19(23)15-7-3-2-4-8-15/h2-10,14,18H,11-13H2,1H3,(H,21,23)(H,22,24)/t14-,18-/m0/s1. The zero-order valence-corrected chi connectivity index (χ0v) is 14.2. The normalized spacial score (nSPS) is 19.9. The van der Waals surface area contributed by atoms with E-state index in [1.54, 1.807) is 24.3 Å². The third-order valence-electron chi connectivity index (χ3n) is 4.31. The van der Waals surface area contributed by atoms with Crippen LogP contribution in [-0.4, -0.2) is 24.5 Å². The fraction of sp³-hybridized carbons (Fsp3) is 0.300. The summed E-state index contributed by atoms with van der Waals surface area (Å²) in [6, 6.07) is 16.1. The molecule has 2 aromatic carbocycles. The number of hydrogen-bond donors (Lipinski definition) is 2. The Bertz CT molecular complexity index is 746. The quantitative estimate of drug-likeness (QED) is 0.893. The Labute approximate surface area is 147 Å². The van der Waals surface area contributed by atoms with Crippen LogP contribution in [0.15, 0.2) is 54.6 Å². The summed E-state index contributed by atoms with van der Waals surface area (Å²) in [6.45, 7) is 2.72. The lowest BCUT2D eigenvalue weighted by molar-refractivity contribution is -0.131. The van der Waals surface area contributed by atoms with Crippen LogP contribution in [0.3, 0.4) is 0 Å². The number of carbonyl (C=O) groups excluding carboxylic acids is 2. The molecule has 0 radical (unpaired) electrons. The van der Waals surface area contributed by atoms with Crippen LogP contribution in [0, 0.1) is 5.92 Å². The predicted octanol–water partition coefficient (Wildman–Crippen LogP) is 3.69. The van der Waals surface area contributed by atoms with Gasteiger partial charge in [0.15, 0.2) is 0 Å². The Morgan fingerprint density at radius 3 is 2.28 bits per heavy atom. The highest BCUT2D eigenvalue weighted by Crippen LogP contribution is 2.25. The summed E-state index contributed by atoms with van der Waals surface area (Å²) in [5, 5.41) is 5.73. The summed E-state index contributed by atoms with van der Waals surface area (Å²) in [5.41, 5.74) is 1.69. The number of nitrogens with one attached hydrogen (secondary N) is 2. The predicted molar refractivity (Wildman–Crippen MR) is 97.6 cm³/mol. The van der Waals surface area contributed by atoms with Crippen molar-refractivity contribution >= 4 is 23.2 Å². The van der Waals surface area contributed by atoms with E-state index in [0.29, 0.717) is 35.9 Å². The second kappa shape index (κ2) is 7.94. The lowest BCUT2D eigenvalue weighted by Crippen LogP contribution is -2.36. The molecule has 1 saturated heterocycles. The van der Waals surface area contributed by atoms with E-state index < -0.39 is 6.10 Å². The minimum absolute atomic E-state index is 0.173. The molecule has 0 aliphatic carbocycles. The third-order valence-corrected chi connectivity index (χ3v) is 4.31. The van der Waals surface area contributed by atoms with Gasteiger partial charge in [-0.05, 0) is 43.0 Å². The van der Waals surface area contributed by atoms with E-state index >= 15 is 0 Å². The van der Waals surface area contributed by atoms with Gasteiger partial charge in [0, 0.05) is 12.2 Å². The van der Waals surface area contributed by atoms with Crippen LogP contribution in [0.2, 0.25) is 0 Å². The molecule has 1 fully saturated rings. The minimum Gasteiger partial charge on any atom is -0.368 e. The number of amides is 2. The van der Waals surface area contributed by atoms with E-state index in [1.807, 2.05) is 30.3 Å². The number of rotatable bonds is 4. The first-order valence-electron chi connectivity index (χ1n) is 8.51. The lowest BCUT2D eigenvalue weighted by atomic mass is 9.97. The van der Waals surface area contributed by atoms with Gasteiger partial charge < -0.3 is 15.4 Å². The van der Waals surface area contributed by atoms with E-state index in [4.69, 9.17) is 4.74 Å². The Morgan fingerprint density at radius 1 is 0.960 bits per heavy atom. The number of para-hydroxylation sites is 2. The van der Waals surface area contributed by atoms with Crippen molar-refractivity contribution in [3.63, 3.8) is 0 Å². The molecule has 1 aliphatic rings. The smallest absolute Gasteiger partial charge is 0.255 e. The Balaban J connectivity index is 1.70. The van der Waals surface area contributed by atoms with Crippen molar-refractivity contribution in [2.75, 3.05) is 17.2 Å². The van der Waals surface area contributed by atoms with E-state index in [2.05, 4.69) is 17.6 Å². The summed E-state index contributed by atoms with van der Waals surface area (Å²) >= 11 is 0. The van der Waals surface area contributed by atoms with Gasteiger partial charge in [0.05, 0.1) is 11.4 Å². The van der Waals surface area contributed by atoms with Crippen LogP contribution >= 0.6 is 0 Å². The molecule has 1 heterocycles. The summed E-state index contributed by atoms with van der Waals surface area (Å²) in [6.07, 6.45) is 1.25.